The zero-order chi connectivity index (χ0) is 13.5. The maximum atomic E-state index is 3.64. The molecule has 2 rings (SSSR count). The average Bonchev–Trinajstić information content (AvgIpc) is 2.85. The monoisotopic (exact) mass is 260 g/mol. The fraction of sp³-hybridized carbons (Fsp3) is 0.647. The highest BCUT2D eigenvalue weighted by atomic mass is 15.1. The van der Waals surface area contributed by atoms with Crippen molar-refractivity contribution in [3.63, 3.8) is 0 Å². The van der Waals surface area contributed by atoms with Gasteiger partial charge in [-0.1, -0.05) is 38.1 Å². The van der Waals surface area contributed by atoms with E-state index in [0.29, 0.717) is 6.04 Å². The number of fused-ring (bicyclic) bond motifs is 1. The molecule has 1 aliphatic rings. The highest BCUT2D eigenvalue weighted by Crippen LogP contribution is 2.22. The lowest BCUT2D eigenvalue weighted by atomic mass is 10.1. The number of nitrogens with one attached hydrogen (secondary N) is 1. The van der Waals surface area contributed by atoms with E-state index in [1.54, 1.807) is 0 Å². The highest BCUT2D eigenvalue weighted by molar-refractivity contribution is 5.30. The summed E-state index contributed by atoms with van der Waals surface area (Å²) in [5.74, 6) is 0. The molecule has 0 aliphatic carbocycles. The van der Waals surface area contributed by atoms with Crippen molar-refractivity contribution in [2.24, 2.45) is 0 Å². The third kappa shape index (κ3) is 4.32. The first-order chi connectivity index (χ1) is 9.33. The van der Waals surface area contributed by atoms with Gasteiger partial charge in [-0.2, -0.15) is 0 Å². The molecule has 1 aromatic rings. The molecule has 0 saturated carbocycles. The predicted molar refractivity (Wildman–Crippen MR) is 82.2 cm³/mol. The molecular formula is C17H28N2. The molecule has 1 heterocycles. The number of hydrogen-bond acceptors (Lipinski definition) is 2. The molecule has 0 radical (unpaired) electrons. The van der Waals surface area contributed by atoms with Gasteiger partial charge in [-0.25, -0.2) is 0 Å². The van der Waals surface area contributed by atoms with Gasteiger partial charge in [0.15, 0.2) is 0 Å². The summed E-state index contributed by atoms with van der Waals surface area (Å²) in [7, 11) is 0. The Morgan fingerprint density at radius 3 is 2.42 bits per heavy atom. The summed E-state index contributed by atoms with van der Waals surface area (Å²) in [6.45, 7) is 9.22. The Morgan fingerprint density at radius 2 is 1.84 bits per heavy atom. The van der Waals surface area contributed by atoms with Gasteiger partial charge in [0.1, 0.15) is 0 Å². The van der Waals surface area contributed by atoms with Crippen molar-refractivity contribution in [1.82, 2.24) is 10.2 Å². The van der Waals surface area contributed by atoms with Crippen LogP contribution in [0.5, 0.6) is 0 Å². The molecule has 1 aliphatic heterocycles. The Kier molecular flexibility index (Phi) is 5.87. The summed E-state index contributed by atoms with van der Waals surface area (Å²) in [6.07, 6.45) is 5.10. The van der Waals surface area contributed by atoms with Crippen LogP contribution in [0.2, 0.25) is 0 Å². The fourth-order valence-corrected chi connectivity index (χ4v) is 2.92. The lowest BCUT2D eigenvalue weighted by Crippen LogP contribution is -2.30. The van der Waals surface area contributed by atoms with E-state index in [4.69, 9.17) is 0 Å². The summed E-state index contributed by atoms with van der Waals surface area (Å²) >= 11 is 0. The molecule has 2 nitrogen and oxygen atoms in total. The van der Waals surface area contributed by atoms with E-state index in [-0.39, 0.29) is 0 Å². The molecule has 1 unspecified atom stereocenters. The van der Waals surface area contributed by atoms with Gasteiger partial charge in [-0.05, 0) is 49.9 Å². The van der Waals surface area contributed by atoms with Crippen LogP contribution in [0.3, 0.4) is 0 Å². The summed E-state index contributed by atoms with van der Waals surface area (Å²) in [5.41, 5.74) is 3.05. The van der Waals surface area contributed by atoms with E-state index in [9.17, 15) is 0 Å². The third-order valence-electron chi connectivity index (χ3n) is 4.11. The van der Waals surface area contributed by atoms with E-state index in [2.05, 4.69) is 48.3 Å². The zero-order valence-electron chi connectivity index (χ0n) is 12.5. The molecule has 1 aromatic carbocycles. The SMILES string of the molecule is CCCNC(CC)CCCN1Cc2ccccc2C1. The summed E-state index contributed by atoms with van der Waals surface area (Å²) in [4.78, 5) is 2.58. The number of rotatable bonds is 8. The van der Waals surface area contributed by atoms with Gasteiger partial charge in [-0.15, -0.1) is 0 Å². The van der Waals surface area contributed by atoms with Crippen molar-refractivity contribution in [3.8, 4) is 0 Å². The Bertz CT molecular complexity index is 350. The van der Waals surface area contributed by atoms with E-state index in [0.717, 1.165) is 19.6 Å². The molecule has 19 heavy (non-hydrogen) atoms. The number of benzene rings is 1. The first-order valence-electron chi connectivity index (χ1n) is 7.86. The van der Waals surface area contributed by atoms with Gasteiger partial charge >= 0.3 is 0 Å². The normalized spacial score (nSPS) is 16.5. The van der Waals surface area contributed by atoms with Crippen molar-refractivity contribution in [3.05, 3.63) is 35.4 Å². The van der Waals surface area contributed by atoms with Crippen LogP contribution in [-0.2, 0) is 13.1 Å². The molecule has 2 heteroatoms. The van der Waals surface area contributed by atoms with E-state index in [1.807, 2.05) is 0 Å². The first kappa shape index (κ1) is 14.5. The second kappa shape index (κ2) is 7.66. The quantitative estimate of drug-likeness (QED) is 0.769. The van der Waals surface area contributed by atoms with Crippen LogP contribution in [0.25, 0.3) is 0 Å². The van der Waals surface area contributed by atoms with Gasteiger partial charge in [0.05, 0.1) is 0 Å². The third-order valence-corrected chi connectivity index (χ3v) is 4.11. The van der Waals surface area contributed by atoms with Crippen molar-refractivity contribution < 1.29 is 0 Å². The second-order valence-electron chi connectivity index (χ2n) is 5.68. The topological polar surface area (TPSA) is 15.3 Å². The number of nitrogens with zero attached hydrogens (tertiary/aromatic N) is 1. The largest absolute Gasteiger partial charge is 0.314 e. The minimum atomic E-state index is 0.713. The maximum absolute atomic E-state index is 3.64. The molecule has 0 spiro atoms. The van der Waals surface area contributed by atoms with E-state index < -0.39 is 0 Å². The molecular weight excluding hydrogens is 232 g/mol. The Morgan fingerprint density at radius 1 is 1.16 bits per heavy atom. The Balaban J connectivity index is 1.67. The molecule has 1 N–H and O–H groups in total. The Labute approximate surface area is 118 Å². The van der Waals surface area contributed by atoms with Gasteiger partial charge in [0.2, 0.25) is 0 Å². The smallest absolute Gasteiger partial charge is 0.0240 e. The molecule has 106 valence electrons. The molecule has 0 saturated heterocycles. The van der Waals surface area contributed by atoms with Crippen LogP contribution < -0.4 is 5.32 Å². The lowest BCUT2D eigenvalue weighted by molar-refractivity contribution is 0.270. The van der Waals surface area contributed by atoms with Gasteiger partial charge in [0.25, 0.3) is 0 Å². The van der Waals surface area contributed by atoms with E-state index >= 15 is 0 Å². The average molecular weight is 260 g/mol. The first-order valence-corrected chi connectivity index (χ1v) is 7.86. The van der Waals surface area contributed by atoms with Crippen LogP contribution in [0.15, 0.2) is 24.3 Å². The lowest BCUT2D eigenvalue weighted by Gasteiger charge is -2.19. The molecule has 0 aromatic heterocycles. The second-order valence-corrected chi connectivity index (χ2v) is 5.68. The molecule has 0 amide bonds. The molecule has 0 bridgehead atoms. The van der Waals surface area contributed by atoms with Gasteiger partial charge < -0.3 is 5.32 Å². The number of hydrogen-bond donors (Lipinski definition) is 1. The Hall–Kier alpha value is -0.860. The van der Waals surface area contributed by atoms with E-state index in [1.165, 1.54) is 43.4 Å². The zero-order valence-corrected chi connectivity index (χ0v) is 12.5. The van der Waals surface area contributed by atoms with Crippen molar-refractivity contribution in [2.75, 3.05) is 13.1 Å². The van der Waals surface area contributed by atoms with Crippen molar-refractivity contribution in [1.29, 1.82) is 0 Å². The summed E-state index contributed by atoms with van der Waals surface area (Å²) in [6, 6.07) is 9.57. The summed E-state index contributed by atoms with van der Waals surface area (Å²) in [5, 5.41) is 3.64. The van der Waals surface area contributed by atoms with Crippen LogP contribution in [-0.4, -0.2) is 24.0 Å². The standard InChI is InChI=1S/C17H28N2/c1-3-11-18-17(4-2)10-7-12-19-13-15-8-5-6-9-16(15)14-19/h5-6,8-9,17-18H,3-4,7,10-14H2,1-2H3. The molecule has 1 atom stereocenters. The van der Waals surface area contributed by atoms with Crippen LogP contribution >= 0.6 is 0 Å². The minimum Gasteiger partial charge on any atom is -0.314 e. The van der Waals surface area contributed by atoms with Crippen LogP contribution in [0.4, 0.5) is 0 Å². The minimum absolute atomic E-state index is 0.713. The van der Waals surface area contributed by atoms with Crippen LogP contribution in [0, 0.1) is 0 Å². The van der Waals surface area contributed by atoms with Crippen molar-refractivity contribution in [2.45, 2.75) is 58.7 Å². The fourth-order valence-electron chi connectivity index (χ4n) is 2.92. The van der Waals surface area contributed by atoms with Gasteiger partial charge in [-0.3, -0.25) is 4.90 Å². The maximum Gasteiger partial charge on any atom is 0.0240 e. The predicted octanol–water partition coefficient (Wildman–Crippen LogP) is 3.56. The van der Waals surface area contributed by atoms with Crippen LogP contribution in [0.1, 0.15) is 50.7 Å². The van der Waals surface area contributed by atoms with Crippen molar-refractivity contribution >= 4 is 0 Å². The highest BCUT2D eigenvalue weighted by Gasteiger charge is 2.17. The summed E-state index contributed by atoms with van der Waals surface area (Å²) < 4.78 is 0. The molecule has 0 fully saturated rings. The van der Waals surface area contributed by atoms with Gasteiger partial charge in [0, 0.05) is 19.1 Å².